The molecule has 0 bridgehead atoms. The molecule has 0 spiro atoms. The molecule has 0 aromatic heterocycles. The minimum Gasteiger partial charge on any atom is -0.297 e. The van der Waals surface area contributed by atoms with Crippen LogP contribution < -0.4 is 0 Å². The van der Waals surface area contributed by atoms with E-state index in [4.69, 9.17) is 11.6 Å². The lowest BCUT2D eigenvalue weighted by Gasteiger charge is -2.42. The largest absolute Gasteiger partial charge is 0.297 e. The fourth-order valence-electron chi connectivity index (χ4n) is 3.03. The van der Waals surface area contributed by atoms with E-state index < -0.39 is 11.4 Å². The SMILES string of the molecule is CCC(C)(C(=O)Cc1cccc(Cl)c1F)N1CCCCC1. The molecule has 1 heterocycles. The van der Waals surface area contributed by atoms with Crippen LogP contribution in [0.5, 0.6) is 0 Å². The average molecular weight is 312 g/mol. The zero-order valence-electron chi connectivity index (χ0n) is 12.8. The molecular formula is C17H23ClFNO. The first-order valence-electron chi connectivity index (χ1n) is 7.70. The average Bonchev–Trinajstić information content (AvgIpc) is 2.51. The van der Waals surface area contributed by atoms with E-state index in [1.54, 1.807) is 12.1 Å². The number of carbonyl (C=O) groups is 1. The number of hydrogen-bond acceptors (Lipinski definition) is 2. The Morgan fingerprint density at radius 1 is 1.33 bits per heavy atom. The van der Waals surface area contributed by atoms with Gasteiger partial charge in [0.2, 0.25) is 0 Å². The standard InChI is InChI=1S/C17H23ClFNO/c1-3-17(2,20-10-5-4-6-11-20)15(21)12-13-8-7-9-14(18)16(13)19/h7-9H,3-6,10-12H2,1-2H3. The van der Waals surface area contributed by atoms with Crippen molar-refractivity contribution in [1.29, 1.82) is 0 Å². The van der Waals surface area contributed by atoms with Crippen LogP contribution in [-0.4, -0.2) is 29.3 Å². The first-order valence-corrected chi connectivity index (χ1v) is 8.08. The molecule has 0 aliphatic carbocycles. The van der Waals surface area contributed by atoms with Gasteiger partial charge in [0.1, 0.15) is 5.82 Å². The molecule has 0 saturated carbocycles. The number of rotatable bonds is 5. The Morgan fingerprint density at radius 2 is 2.00 bits per heavy atom. The Bertz CT molecular complexity index is 514. The van der Waals surface area contributed by atoms with Crippen LogP contribution in [0.2, 0.25) is 5.02 Å². The first kappa shape index (κ1) is 16.4. The van der Waals surface area contributed by atoms with E-state index in [-0.39, 0.29) is 17.2 Å². The van der Waals surface area contributed by atoms with E-state index in [0.717, 1.165) is 32.4 Å². The van der Waals surface area contributed by atoms with Crippen molar-refractivity contribution in [3.8, 4) is 0 Å². The zero-order valence-corrected chi connectivity index (χ0v) is 13.5. The molecule has 2 nitrogen and oxygen atoms in total. The lowest BCUT2D eigenvalue weighted by Crippen LogP contribution is -2.54. The number of hydrogen-bond donors (Lipinski definition) is 0. The summed E-state index contributed by atoms with van der Waals surface area (Å²) in [5.41, 5.74) is -0.112. The summed E-state index contributed by atoms with van der Waals surface area (Å²) in [4.78, 5) is 15.0. The summed E-state index contributed by atoms with van der Waals surface area (Å²) in [5, 5.41) is 0.0801. The van der Waals surface area contributed by atoms with Gasteiger partial charge in [0.25, 0.3) is 0 Å². The molecule has 0 radical (unpaired) electrons. The quantitative estimate of drug-likeness (QED) is 0.810. The van der Waals surface area contributed by atoms with Crippen LogP contribution >= 0.6 is 11.6 Å². The normalized spacial score (nSPS) is 19.2. The van der Waals surface area contributed by atoms with Crippen LogP contribution in [0.1, 0.15) is 45.1 Å². The van der Waals surface area contributed by atoms with Gasteiger partial charge in [-0.2, -0.15) is 0 Å². The monoisotopic (exact) mass is 311 g/mol. The van der Waals surface area contributed by atoms with Gasteiger partial charge in [-0.1, -0.05) is 37.1 Å². The molecule has 1 unspecified atom stereocenters. The molecule has 1 saturated heterocycles. The first-order chi connectivity index (χ1) is 9.99. The van der Waals surface area contributed by atoms with Crippen LogP contribution in [0.3, 0.4) is 0 Å². The lowest BCUT2D eigenvalue weighted by atomic mass is 9.85. The zero-order chi connectivity index (χ0) is 15.5. The number of piperidine rings is 1. The Morgan fingerprint density at radius 3 is 2.62 bits per heavy atom. The van der Waals surface area contributed by atoms with Gasteiger partial charge in [0, 0.05) is 6.42 Å². The third-order valence-corrected chi connectivity index (χ3v) is 5.02. The van der Waals surface area contributed by atoms with E-state index in [9.17, 15) is 9.18 Å². The summed E-state index contributed by atoms with van der Waals surface area (Å²) in [6.45, 7) is 5.92. The molecule has 4 heteroatoms. The number of likely N-dealkylation sites (tertiary alicyclic amines) is 1. The highest BCUT2D eigenvalue weighted by Crippen LogP contribution is 2.27. The minimum atomic E-state index is -0.505. The van der Waals surface area contributed by atoms with E-state index in [2.05, 4.69) is 4.90 Å². The van der Waals surface area contributed by atoms with Crippen LogP contribution in [-0.2, 0) is 11.2 Å². The fourth-order valence-corrected chi connectivity index (χ4v) is 3.23. The molecule has 116 valence electrons. The van der Waals surface area contributed by atoms with Gasteiger partial charge in [-0.05, 0) is 50.9 Å². The minimum absolute atomic E-state index is 0.0769. The predicted octanol–water partition coefficient (Wildman–Crippen LogP) is 4.25. The molecule has 0 amide bonds. The van der Waals surface area contributed by atoms with Crippen LogP contribution in [0.15, 0.2) is 18.2 Å². The fraction of sp³-hybridized carbons (Fsp3) is 0.588. The van der Waals surface area contributed by atoms with Crippen molar-refractivity contribution in [1.82, 2.24) is 4.90 Å². The highest BCUT2D eigenvalue weighted by atomic mass is 35.5. The molecule has 1 aromatic carbocycles. The second-order valence-electron chi connectivity index (χ2n) is 5.99. The summed E-state index contributed by atoms with van der Waals surface area (Å²) in [5.74, 6) is -0.391. The molecule has 2 rings (SSSR count). The maximum atomic E-state index is 14.0. The summed E-state index contributed by atoms with van der Waals surface area (Å²) in [6, 6.07) is 4.85. The molecule has 1 fully saturated rings. The number of benzene rings is 1. The van der Waals surface area contributed by atoms with Gasteiger partial charge in [-0.3, -0.25) is 9.69 Å². The number of carbonyl (C=O) groups excluding carboxylic acids is 1. The second kappa shape index (κ2) is 6.89. The topological polar surface area (TPSA) is 20.3 Å². The Labute approximate surface area is 131 Å². The maximum absolute atomic E-state index is 14.0. The summed E-state index contributed by atoms with van der Waals surface area (Å²) in [6.07, 6.45) is 4.34. The maximum Gasteiger partial charge on any atom is 0.157 e. The Balaban J connectivity index is 2.17. The van der Waals surface area contributed by atoms with Crippen LogP contribution in [0.25, 0.3) is 0 Å². The van der Waals surface area contributed by atoms with Crippen molar-refractivity contribution in [3.05, 3.63) is 34.6 Å². The number of ketones is 1. The summed E-state index contributed by atoms with van der Waals surface area (Å²) in [7, 11) is 0. The van der Waals surface area contributed by atoms with Gasteiger partial charge in [0.15, 0.2) is 5.78 Å². The second-order valence-corrected chi connectivity index (χ2v) is 6.40. The van der Waals surface area contributed by atoms with E-state index >= 15 is 0 Å². The molecule has 1 atom stereocenters. The lowest BCUT2D eigenvalue weighted by molar-refractivity contribution is -0.130. The summed E-state index contributed by atoms with van der Waals surface area (Å²) < 4.78 is 14.0. The third kappa shape index (κ3) is 3.46. The Kier molecular flexibility index (Phi) is 5.39. The van der Waals surface area contributed by atoms with E-state index in [1.807, 2.05) is 13.8 Å². The van der Waals surface area contributed by atoms with E-state index in [1.165, 1.54) is 12.5 Å². The number of Topliss-reactive ketones (excluding diaryl/α,β-unsaturated/α-hetero) is 1. The van der Waals surface area contributed by atoms with Gasteiger partial charge in [-0.15, -0.1) is 0 Å². The van der Waals surface area contributed by atoms with Crippen LogP contribution in [0, 0.1) is 5.82 Å². The molecule has 1 aromatic rings. The molecule has 1 aliphatic heterocycles. The van der Waals surface area contributed by atoms with Crippen molar-refractivity contribution in [2.75, 3.05) is 13.1 Å². The predicted molar refractivity (Wildman–Crippen MR) is 84.2 cm³/mol. The van der Waals surface area contributed by atoms with Gasteiger partial charge in [0.05, 0.1) is 10.6 Å². The highest BCUT2D eigenvalue weighted by molar-refractivity contribution is 6.30. The van der Waals surface area contributed by atoms with Crippen LogP contribution in [0.4, 0.5) is 4.39 Å². The highest BCUT2D eigenvalue weighted by Gasteiger charge is 2.37. The van der Waals surface area contributed by atoms with E-state index in [0.29, 0.717) is 5.56 Å². The van der Waals surface area contributed by atoms with Crippen molar-refractivity contribution < 1.29 is 9.18 Å². The van der Waals surface area contributed by atoms with Gasteiger partial charge < -0.3 is 0 Å². The van der Waals surface area contributed by atoms with Gasteiger partial charge in [-0.25, -0.2) is 4.39 Å². The van der Waals surface area contributed by atoms with Gasteiger partial charge >= 0.3 is 0 Å². The van der Waals surface area contributed by atoms with Crippen molar-refractivity contribution in [3.63, 3.8) is 0 Å². The van der Waals surface area contributed by atoms with Crippen molar-refractivity contribution in [2.45, 2.75) is 51.5 Å². The summed E-state index contributed by atoms with van der Waals surface area (Å²) >= 11 is 5.80. The number of nitrogens with zero attached hydrogens (tertiary/aromatic N) is 1. The molecule has 21 heavy (non-hydrogen) atoms. The smallest absolute Gasteiger partial charge is 0.157 e. The molecular weight excluding hydrogens is 289 g/mol. The van der Waals surface area contributed by atoms with Crippen molar-refractivity contribution >= 4 is 17.4 Å². The third-order valence-electron chi connectivity index (χ3n) is 4.73. The Hall–Kier alpha value is -0.930. The molecule has 0 N–H and O–H groups in total. The molecule has 1 aliphatic rings. The number of halogens is 2. The van der Waals surface area contributed by atoms with Crippen molar-refractivity contribution in [2.24, 2.45) is 0 Å².